The van der Waals surface area contributed by atoms with Gasteiger partial charge in [0.2, 0.25) is 5.12 Å². The number of carbonyl (C=O) groups is 2. The average molecular weight is 1180 g/mol. The summed E-state index contributed by atoms with van der Waals surface area (Å²) in [5.74, 6) is 0. The molecule has 0 rings (SSSR count). The fraction of sp³-hybridized carbons (Fsp3) is 0.974. The van der Waals surface area contributed by atoms with Gasteiger partial charge in [0, 0.05) is 6.61 Å². The van der Waals surface area contributed by atoms with E-state index >= 15 is 0 Å². The Kier molecular flexibility index (Phi) is 66.0. The summed E-state index contributed by atoms with van der Waals surface area (Å²) < 4.78 is 7.12. The zero-order valence-electron chi connectivity index (χ0n) is 56.2. The number of hydrogen-bond acceptors (Lipinski definition) is 3. The Morgan fingerprint density at radius 1 is 0.222 bits per heavy atom. The lowest BCUT2D eigenvalue weighted by Gasteiger charge is -2.47. The summed E-state index contributed by atoms with van der Waals surface area (Å²) in [6, 6.07) is 0. The molecular weight excluding hydrogens is 1020 g/mol. The van der Waals surface area contributed by atoms with Crippen LogP contribution in [0.2, 0.25) is 0 Å². The third-order valence-corrected chi connectivity index (χ3v) is 20.0. The minimum Gasteiger partial charge on any atom is -0.365 e. The molecule has 0 saturated carbocycles. The summed E-state index contributed by atoms with van der Waals surface area (Å²) in [6.45, 7) is 9.75. The SMILES string of the molecule is CCCCCCCCCCCCCCCCCCOC(CCCCCCCCCCCCCCCCCC)(C(=O)S)C(CCCCCCCCCCCCCCCCCC)(CCCCCCCCCCCCCCCCCC)C(=O)S. The third kappa shape index (κ3) is 50.7. The molecule has 0 aliphatic heterocycles. The second-order valence-electron chi connectivity index (χ2n) is 26.8. The second-order valence-corrected chi connectivity index (χ2v) is 27.6. The molecule has 0 radical (unpaired) electrons. The van der Waals surface area contributed by atoms with Gasteiger partial charge in [-0.05, 0) is 25.7 Å². The highest BCUT2D eigenvalue weighted by Gasteiger charge is 2.58. The van der Waals surface area contributed by atoms with Crippen LogP contribution < -0.4 is 0 Å². The highest BCUT2D eigenvalue weighted by atomic mass is 32.1. The van der Waals surface area contributed by atoms with Crippen molar-refractivity contribution in [3.8, 4) is 0 Å². The van der Waals surface area contributed by atoms with Crippen molar-refractivity contribution in [3.05, 3.63) is 0 Å². The molecule has 0 saturated heterocycles. The van der Waals surface area contributed by atoms with Crippen LogP contribution >= 0.6 is 25.3 Å². The molecule has 5 heteroatoms. The van der Waals surface area contributed by atoms with Gasteiger partial charge in [0.1, 0.15) is 5.60 Å². The van der Waals surface area contributed by atoms with E-state index in [1.807, 2.05) is 0 Å². The molecule has 0 N–H and O–H groups in total. The maximum atomic E-state index is 14.6. The van der Waals surface area contributed by atoms with Gasteiger partial charge in [0.25, 0.3) is 0 Å². The first-order valence-corrected chi connectivity index (χ1v) is 38.9. The van der Waals surface area contributed by atoms with E-state index in [1.54, 1.807) is 0 Å². The van der Waals surface area contributed by atoms with E-state index in [2.05, 4.69) is 27.7 Å². The van der Waals surface area contributed by atoms with Crippen molar-refractivity contribution in [2.24, 2.45) is 5.41 Å². The normalized spacial score (nSPS) is 12.7. The third-order valence-electron chi connectivity index (χ3n) is 19.2. The molecule has 0 fully saturated rings. The van der Waals surface area contributed by atoms with Crippen molar-refractivity contribution in [1.82, 2.24) is 0 Å². The first-order valence-electron chi connectivity index (χ1n) is 38.0. The highest BCUT2D eigenvalue weighted by Crippen LogP contribution is 2.50. The zero-order chi connectivity index (χ0) is 58.9. The topological polar surface area (TPSA) is 43.4 Å². The van der Waals surface area contributed by atoms with Crippen LogP contribution in [0.25, 0.3) is 0 Å². The van der Waals surface area contributed by atoms with Gasteiger partial charge in [-0.15, -0.1) is 25.3 Å². The summed E-state index contributed by atoms with van der Waals surface area (Å²) in [7, 11) is 0. The van der Waals surface area contributed by atoms with E-state index < -0.39 is 11.0 Å². The van der Waals surface area contributed by atoms with Crippen LogP contribution in [0.3, 0.4) is 0 Å². The van der Waals surface area contributed by atoms with Crippen molar-refractivity contribution >= 4 is 35.5 Å². The van der Waals surface area contributed by atoms with E-state index in [0.717, 1.165) is 51.4 Å². The van der Waals surface area contributed by atoms with Crippen LogP contribution in [0.4, 0.5) is 0 Å². The second kappa shape index (κ2) is 66.0. The molecule has 0 heterocycles. The van der Waals surface area contributed by atoms with Gasteiger partial charge in [0.15, 0.2) is 5.12 Å². The van der Waals surface area contributed by atoms with Gasteiger partial charge in [-0.3, -0.25) is 9.59 Å². The van der Waals surface area contributed by atoms with Crippen molar-refractivity contribution in [3.63, 3.8) is 0 Å². The summed E-state index contributed by atoms with van der Waals surface area (Å²) >= 11 is 9.63. The Labute approximate surface area is 522 Å². The van der Waals surface area contributed by atoms with Gasteiger partial charge in [0.05, 0.1) is 5.41 Å². The maximum absolute atomic E-state index is 14.6. The van der Waals surface area contributed by atoms with Gasteiger partial charge in [-0.1, -0.05) is 432 Å². The monoisotopic (exact) mass is 1180 g/mol. The van der Waals surface area contributed by atoms with E-state index in [-0.39, 0.29) is 10.2 Å². The number of hydrogen-bond donors (Lipinski definition) is 2. The Bertz CT molecular complexity index is 1200. The molecule has 3 nitrogen and oxygen atoms in total. The molecule has 0 bridgehead atoms. The molecule has 0 aliphatic rings. The van der Waals surface area contributed by atoms with Crippen molar-refractivity contribution in [2.75, 3.05) is 6.61 Å². The Balaban J connectivity index is 5.65. The van der Waals surface area contributed by atoms with E-state index in [9.17, 15) is 9.59 Å². The van der Waals surface area contributed by atoms with Gasteiger partial charge in [-0.25, -0.2) is 0 Å². The van der Waals surface area contributed by atoms with E-state index in [0.29, 0.717) is 25.9 Å². The standard InChI is InChI=1S/C76H150O3S2/c1-5-9-13-17-21-25-29-33-37-41-45-49-53-57-61-65-69-75(73(77)80,70-66-62-58-54-50-46-42-38-34-30-26-22-18-14-10-6-2)76(74(78)81,71-67-63-59-55-51-47-43-39-35-31-27-23-19-15-11-7-3)79-72-68-64-60-56-52-48-44-40-36-32-28-24-20-16-12-8-4/h5-72H2,1-4H3,(H,77,80)(H,78,81). The Morgan fingerprint density at radius 2 is 0.383 bits per heavy atom. The number of rotatable bonds is 72. The minimum atomic E-state index is -1.22. The molecule has 1 atom stereocenters. The number of thiol groups is 2. The zero-order valence-corrected chi connectivity index (χ0v) is 58.0. The number of ether oxygens (including phenoxy) is 1. The van der Waals surface area contributed by atoms with Crippen LogP contribution in [0.1, 0.15) is 458 Å². The summed E-state index contributed by atoms with van der Waals surface area (Å²) in [6.07, 6.45) is 86.7. The molecule has 0 aromatic rings. The summed E-state index contributed by atoms with van der Waals surface area (Å²) in [4.78, 5) is 29.1. The number of carbonyl (C=O) groups excluding carboxylic acids is 2. The molecule has 1 unspecified atom stereocenters. The van der Waals surface area contributed by atoms with Crippen molar-refractivity contribution < 1.29 is 14.3 Å². The molecule has 0 spiro atoms. The minimum absolute atomic E-state index is 0.115. The predicted octanol–water partition coefficient (Wildman–Crippen LogP) is 27.9. The average Bonchev–Trinajstić information content (AvgIpc) is 3.48. The summed E-state index contributed by atoms with van der Waals surface area (Å²) in [5.41, 5.74) is -2.16. The van der Waals surface area contributed by atoms with Gasteiger partial charge < -0.3 is 4.74 Å². The lowest BCUT2D eigenvalue weighted by molar-refractivity contribution is -0.171. The fourth-order valence-electron chi connectivity index (χ4n) is 13.5. The first kappa shape index (κ1) is 81.0. The van der Waals surface area contributed by atoms with Gasteiger partial charge >= 0.3 is 0 Å². The molecular formula is C76H150O3S2. The van der Waals surface area contributed by atoms with E-state index in [1.165, 1.54) is 360 Å². The molecule has 81 heavy (non-hydrogen) atoms. The maximum Gasteiger partial charge on any atom is 0.218 e. The van der Waals surface area contributed by atoms with Crippen LogP contribution in [0, 0.1) is 5.41 Å². The smallest absolute Gasteiger partial charge is 0.218 e. The first-order chi connectivity index (χ1) is 39.9. The molecule has 0 aromatic heterocycles. The lowest BCUT2D eigenvalue weighted by atomic mass is 9.64. The van der Waals surface area contributed by atoms with Crippen LogP contribution in [0.5, 0.6) is 0 Å². The van der Waals surface area contributed by atoms with Gasteiger partial charge in [-0.2, -0.15) is 0 Å². The molecule has 0 aromatic carbocycles. The van der Waals surface area contributed by atoms with Crippen LogP contribution in [0.15, 0.2) is 0 Å². The van der Waals surface area contributed by atoms with Crippen LogP contribution in [-0.2, 0) is 14.3 Å². The summed E-state index contributed by atoms with van der Waals surface area (Å²) in [5, 5.41) is -0.328. The van der Waals surface area contributed by atoms with Crippen LogP contribution in [-0.4, -0.2) is 22.4 Å². The highest BCUT2D eigenvalue weighted by molar-refractivity contribution is 7.97. The van der Waals surface area contributed by atoms with Crippen molar-refractivity contribution in [2.45, 2.75) is 463 Å². The lowest BCUT2D eigenvalue weighted by Crippen LogP contribution is -2.58. The Hall–Kier alpha value is -0.0000000000000000555. The largest absolute Gasteiger partial charge is 0.365 e. The molecule has 484 valence electrons. The predicted molar refractivity (Wildman–Crippen MR) is 371 cm³/mol. The Morgan fingerprint density at radius 3 is 0.556 bits per heavy atom. The quantitative estimate of drug-likeness (QED) is 0.0471. The number of unbranched alkanes of at least 4 members (excludes halogenated alkanes) is 60. The van der Waals surface area contributed by atoms with E-state index in [4.69, 9.17) is 30.0 Å². The molecule has 0 amide bonds. The molecule has 0 aliphatic carbocycles. The fourth-order valence-corrected chi connectivity index (χ4v) is 14.3. The van der Waals surface area contributed by atoms with Crippen molar-refractivity contribution in [1.29, 1.82) is 0 Å².